The minimum Gasteiger partial charge on any atom is -0.487 e. The molecule has 1 aliphatic heterocycles. The van der Waals surface area contributed by atoms with Gasteiger partial charge in [-0.25, -0.2) is 9.97 Å². The Morgan fingerprint density at radius 3 is 2.49 bits per heavy atom. The number of nitrogens with one attached hydrogen (secondary N) is 2. The second-order valence-electron chi connectivity index (χ2n) is 11.1. The first-order valence-electron chi connectivity index (χ1n) is 15.2. The molecule has 0 unspecified atom stereocenters. The van der Waals surface area contributed by atoms with Crippen molar-refractivity contribution in [1.29, 1.82) is 0 Å². The minimum atomic E-state index is 0.101. The monoisotopic (exact) mass is 606 g/mol. The van der Waals surface area contributed by atoms with Crippen LogP contribution in [-0.2, 0) is 20.7 Å². The van der Waals surface area contributed by atoms with E-state index >= 15 is 0 Å². The summed E-state index contributed by atoms with van der Waals surface area (Å²) >= 11 is 1.47. The van der Waals surface area contributed by atoms with Crippen LogP contribution in [0.5, 0.6) is 5.75 Å². The van der Waals surface area contributed by atoms with E-state index in [9.17, 15) is 9.59 Å². The lowest BCUT2D eigenvalue weighted by Crippen LogP contribution is -2.49. The number of carbonyl (C=O) groups excluding carboxylic acids is 2. The summed E-state index contributed by atoms with van der Waals surface area (Å²) in [7, 11) is 1.61. The third kappa shape index (κ3) is 8.08. The normalized spacial score (nSPS) is 15.6. The second-order valence-corrected chi connectivity index (χ2v) is 12.2. The van der Waals surface area contributed by atoms with Gasteiger partial charge in [-0.05, 0) is 62.2 Å². The van der Waals surface area contributed by atoms with Crippen LogP contribution in [0, 0.1) is 12.8 Å². The van der Waals surface area contributed by atoms with Gasteiger partial charge < -0.3 is 29.6 Å². The number of benzene rings is 1. The van der Waals surface area contributed by atoms with Gasteiger partial charge in [-0.15, -0.1) is 0 Å². The Balaban J connectivity index is 1.37. The largest absolute Gasteiger partial charge is 0.487 e. The maximum atomic E-state index is 12.7. The number of aryl methyl sites for hydroxylation is 1. The molecule has 0 spiro atoms. The van der Waals surface area contributed by atoms with Crippen molar-refractivity contribution in [2.24, 2.45) is 5.92 Å². The number of piperazine rings is 1. The van der Waals surface area contributed by atoms with Crippen LogP contribution in [0.4, 0.5) is 17.3 Å². The van der Waals surface area contributed by atoms with Crippen molar-refractivity contribution in [3.05, 3.63) is 47.8 Å². The highest BCUT2D eigenvalue weighted by Crippen LogP contribution is 2.39. The third-order valence-corrected chi connectivity index (χ3v) is 8.85. The Morgan fingerprint density at radius 1 is 1.09 bits per heavy atom. The van der Waals surface area contributed by atoms with Gasteiger partial charge in [-0.2, -0.15) is 0 Å². The number of ether oxygens (including phenoxy) is 2. The summed E-state index contributed by atoms with van der Waals surface area (Å²) in [6.45, 7) is 7.29. The maximum Gasteiger partial charge on any atom is 0.225 e. The van der Waals surface area contributed by atoms with Gasteiger partial charge in [0.2, 0.25) is 11.7 Å². The van der Waals surface area contributed by atoms with Gasteiger partial charge in [0.15, 0.2) is 16.8 Å². The summed E-state index contributed by atoms with van der Waals surface area (Å²) in [4.78, 5) is 43.4. The van der Waals surface area contributed by atoms with Crippen LogP contribution in [0.15, 0.2) is 46.6 Å². The Labute approximate surface area is 257 Å². The van der Waals surface area contributed by atoms with Crippen molar-refractivity contribution in [3.8, 4) is 5.75 Å². The summed E-state index contributed by atoms with van der Waals surface area (Å²) in [5.74, 6) is 2.57. The van der Waals surface area contributed by atoms with Gasteiger partial charge in [0, 0.05) is 62.4 Å². The Kier molecular flexibility index (Phi) is 10.6. The Hall–Kier alpha value is -3.57. The fourth-order valence-electron chi connectivity index (χ4n) is 5.65. The predicted molar refractivity (Wildman–Crippen MR) is 169 cm³/mol. The number of carbonyl (C=O) groups is 2. The first kappa shape index (κ1) is 30.9. The SMILES string of the molecule is CCOc1c(Nc2c[nH]c(C)c2)nc(Sc2ccc(CC(=O)C3CCCC3)cc2)nc1N1CCN(C(=O)CCOC)CC1. The maximum absolute atomic E-state index is 12.7. The van der Waals surface area contributed by atoms with Gasteiger partial charge in [0.1, 0.15) is 5.78 Å². The molecular formula is C32H42N6O4S. The van der Waals surface area contributed by atoms with Gasteiger partial charge in [-0.3, -0.25) is 9.59 Å². The molecule has 1 aliphatic carbocycles. The molecule has 0 bridgehead atoms. The smallest absolute Gasteiger partial charge is 0.225 e. The standard InChI is InChI=1S/C32H42N6O4S/c1-4-42-29-30(34-25-19-22(2)33-21-25)35-32(36-31(29)38-16-14-37(15-17-38)28(40)13-18-41-3)43-26-11-9-23(10-12-26)20-27(39)24-7-5-6-8-24/h9-12,19,21,24,33H,4-8,13-18,20H2,1-3H3,(H,34,35,36). The number of amides is 1. The lowest BCUT2D eigenvalue weighted by atomic mass is 9.97. The molecule has 3 aromatic rings. The fraction of sp³-hybridized carbons (Fsp3) is 0.500. The number of aromatic amines is 1. The lowest BCUT2D eigenvalue weighted by Gasteiger charge is -2.36. The molecule has 2 N–H and O–H groups in total. The number of nitrogens with zero attached hydrogens (tertiary/aromatic N) is 4. The summed E-state index contributed by atoms with van der Waals surface area (Å²) in [6.07, 6.45) is 7.16. The van der Waals surface area contributed by atoms with Crippen LogP contribution in [-0.4, -0.2) is 78.0 Å². The first-order chi connectivity index (χ1) is 20.9. The second kappa shape index (κ2) is 14.7. The van der Waals surface area contributed by atoms with E-state index in [-0.39, 0.29) is 11.8 Å². The Morgan fingerprint density at radius 2 is 1.84 bits per heavy atom. The van der Waals surface area contributed by atoms with Crippen LogP contribution >= 0.6 is 11.8 Å². The van der Waals surface area contributed by atoms with Gasteiger partial charge >= 0.3 is 0 Å². The van der Waals surface area contributed by atoms with E-state index in [1.165, 1.54) is 24.6 Å². The summed E-state index contributed by atoms with van der Waals surface area (Å²) in [5, 5.41) is 4.01. The zero-order valence-corrected chi connectivity index (χ0v) is 26.2. The summed E-state index contributed by atoms with van der Waals surface area (Å²) in [6, 6.07) is 10.2. The van der Waals surface area contributed by atoms with E-state index in [1.807, 2.05) is 55.3 Å². The zero-order valence-electron chi connectivity index (χ0n) is 25.4. The minimum absolute atomic E-state index is 0.101. The lowest BCUT2D eigenvalue weighted by molar-refractivity contribution is -0.132. The number of methoxy groups -OCH3 is 1. The van der Waals surface area contributed by atoms with Gasteiger partial charge in [-0.1, -0.05) is 25.0 Å². The van der Waals surface area contributed by atoms with Crippen molar-refractivity contribution in [2.45, 2.75) is 62.4 Å². The van der Waals surface area contributed by atoms with Crippen LogP contribution in [0.3, 0.4) is 0 Å². The molecule has 11 heteroatoms. The van der Waals surface area contributed by atoms with Crippen molar-refractivity contribution in [2.75, 3.05) is 56.7 Å². The Bertz CT molecular complexity index is 1380. The van der Waals surface area contributed by atoms with Crippen LogP contribution in [0.1, 0.15) is 50.3 Å². The van der Waals surface area contributed by atoms with E-state index < -0.39 is 0 Å². The van der Waals surface area contributed by atoms with Crippen molar-refractivity contribution < 1.29 is 19.1 Å². The molecule has 1 saturated heterocycles. The highest BCUT2D eigenvalue weighted by Gasteiger charge is 2.27. The van der Waals surface area contributed by atoms with E-state index in [2.05, 4.69) is 15.2 Å². The predicted octanol–water partition coefficient (Wildman–Crippen LogP) is 5.39. The highest BCUT2D eigenvalue weighted by molar-refractivity contribution is 7.99. The molecule has 1 aromatic carbocycles. The van der Waals surface area contributed by atoms with E-state index in [1.54, 1.807) is 7.11 Å². The molecule has 230 valence electrons. The molecule has 10 nitrogen and oxygen atoms in total. The van der Waals surface area contributed by atoms with Gasteiger partial charge in [0.05, 0.1) is 25.3 Å². The average Bonchev–Trinajstić information content (AvgIpc) is 3.70. The van der Waals surface area contributed by atoms with Crippen molar-refractivity contribution >= 4 is 40.8 Å². The number of hydrogen-bond donors (Lipinski definition) is 2. The molecule has 43 heavy (non-hydrogen) atoms. The first-order valence-corrected chi connectivity index (χ1v) is 16.0. The molecule has 2 aliphatic rings. The van der Waals surface area contributed by atoms with E-state index in [4.69, 9.17) is 19.4 Å². The highest BCUT2D eigenvalue weighted by atomic mass is 32.2. The van der Waals surface area contributed by atoms with E-state index in [0.717, 1.165) is 34.7 Å². The number of hydrogen-bond acceptors (Lipinski definition) is 9. The third-order valence-electron chi connectivity index (χ3n) is 7.98. The number of aromatic nitrogens is 3. The number of H-pyrrole nitrogens is 1. The van der Waals surface area contributed by atoms with Crippen LogP contribution < -0.4 is 15.0 Å². The number of ketones is 1. The molecule has 2 aromatic heterocycles. The molecule has 0 radical (unpaired) electrons. The molecule has 1 saturated carbocycles. The fourth-order valence-corrected chi connectivity index (χ4v) is 6.40. The van der Waals surface area contributed by atoms with Crippen LogP contribution in [0.25, 0.3) is 0 Å². The molecule has 0 atom stereocenters. The molecular weight excluding hydrogens is 564 g/mol. The van der Waals surface area contributed by atoms with Crippen molar-refractivity contribution in [3.63, 3.8) is 0 Å². The summed E-state index contributed by atoms with van der Waals surface area (Å²) in [5.41, 5.74) is 2.95. The molecule has 3 heterocycles. The van der Waals surface area contributed by atoms with Gasteiger partial charge in [0.25, 0.3) is 0 Å². The number of Topliss-reactive ketones (excluding diaryl/α,β-unsaturated/α-hetero) is 1. The topological polar surface area (TPSA) is 113 Å². The van der Waals surface area contributed by atoms with E-state index in [0.29, 0.717) is 80.6 Å². The molecule has 2 fully saturated rings. The van der Waals surface area contributed by atoms with Crippen molar-refractivity contribution in [1.82, 2.24) is 19.9 Å². The number of rotatable bonds is 13. The van der Waals surface area contributed by atoms with Crippen LogP contribution in [0.2, 0.25) is 0 Å². The quantitative estimate of drug-likeness (QED) is 0.247. The molecule has 1 amide bonds. The average molecular weight is 607 g/mol. The zero-order chi connectivity index (χ0) is 30.2. The number of anilines is 3. The molecule has 5 rings (SSSR count). The summed E-state index contributed by atoms with van der Waals surface area (Å²) < 4.78 is 11.2.